The summed E-state index contributed by atoms with van der Waals surface area (Å²) in [4.78, 5) is 12.4. The number of hydrogen-bond acceptors (Lipinski definition) is 4. The summed E-state index contributed by atoms with van der Waals surface area (Å²) in [5.41, 5.74) is 0.822. The highest BCUT2D eigenvalue weighted by atomic mass is 79.9. The highest BCUT2D eigenvalue weighted by molar-refractivity contribution is 9.10. The molecule has 0 unspecified atom stereocenters. The molecule has 1 N–H and O–H groups in total. The van der Waals surface area contributed by atoms with E-state index < -0.39 is 17.6 Å². The van der Waals surface area contributed by atoms with Crippen molar-refractivity contribution in [3.8, 4) is 22.9 Å². The molecular weight excluding hydrogens is 475 g/mol. The van der Waals surface area contributed by atoms with Gasteiger partial charge < -0.3 is 9.73 Å². The molecular formula is C22H13BrF3N3O2. The second kappa shape index (κ2) is 8.35. The molecule has 0 saturated carbocycles. The van der Waals surface area contributed by atoms with E-state index in [-0.39, 0.29) is 21.6 Å². The molecule has 1 aromatic heterocycles. The van der Waals surface area contributed by atoms with Crippen LogP contribution in [0.1, 0.15) is 15.9 Å². The van der Waals surface area contributed by atoms with Crippen LogP contribution in [0.3, 0.4) is 0 Å². The molecule has 5 nitrogen and oxygen atoms in total. The van der Waals surface area contributed by atoms with E-state index in [2.05, 4.69) is 31.4 Å². The number of aromatic nitrogens is 2. The summed E-state index contributed by atoms with van der Waals surface area (Å²) in [5.74, 6) is 0.110. The van der Waals surface area contributed by atoms with Gasteiger partial charge in [-0.05, 0) is 54.6 Å². The monoisotopic (exact) mass is 487 g/mol. The van der Waals surface area contributed by atoms with Gasteiger partial charge in [-0.3, -0.25) is 4.79 Å². The third kappa shape index (κ3) is 4.66. The number of amides is 1. The summed E-state index contributed by atoms with van der Waals surface area (Å²) in [6, 6.07) is 19.1. The fourth-order valence-corrected chi connectivity index (χ4v) is 3.30. The molecule has 0 aliphatic carbocycles. The minimum Gasteiger partial charge on any atom is -0.416 e. The topological polar surface area (TPSA) is 68.0 Å². The van der Waals surface area contributed by atoms with Gasteiger partial charge in [0.05, 0.1) is 5.56 Å². The first-order chi connectivity index (χ1) is 14.8. The predicted octanol–water partition coefficient (Wildman–Crippen LogP) is 6.44. The van der Waals surface area contributed by atoms with Gasteiger partial charge in [-0.1, -0.05) is 34.1 Å². The highest BCUT2D eigenvalue weighted by Gasteiger charge is 2.33. The number of alkyl halides is 3. The van der Waals surface area contributed by atoms with Gasteiger partial charge in [-0.25, -0.2) is 0 Å². The smallest absolute Gasteiger partial charge is 0.416 e. The van der Waals surface area contributed by atoms with Gasteiger partial charge in [0.15, 0.2) is 0 Å². The fourth-order valence-electron chi connectivity index (χ4n) is 2.82. The number of hydrogen-bond donors (Lipinski definition) is 1. The summed E-state index contributed by atoms with van der Waals surface area (Å²) >= 11 is 2.87. The molecule has 31 heavy (non-hydrogen) atoms. The van der Waals surface area contributed by atoms with Crippen molar-refractivity contribution in [1.82, 2.24) is 10.2 Å². The summed E-state index contributed by atoms with van der Waals surface area (Å²) in [6.07, 6.45) is -4.54. The molecule has 156 valence electrons. The van der Waals surface area contributed by atoms with Gasteiger partial charge in [0, 0.05) is 26.9 Å². The van der Waals surface area contributed by atoms with E-state index in [1.807, 2.05) is 30.3 Å². The van der Waals surface area contributed by atoms with Gasteiger partial charge in [0.2, 0.25) is 11.8 Å². The third-order valence-corrected chi connectivity index (χ3v) is 5.06. The number of nitrogens with zero attached hydrogens (tertiary/aromatic N) is 2. The summed E-state index contributed by atoms with van der Waals surface area (Å²) in [6.45, 7) is 0. The Labute approximate surface area is 183 Å². The zero-order valence-corrected chi connectivity index (χ0v) is 17.2. The van der Waals surface area contributed by atoms with Gasteiger partial charge in [-0.15, -0.1) is 10.2 Å². The van der Waals surface area contributed by atoms with Crippen LogP contribution in [-0.2, 0) is 6.18 Å². The molecule has 0 spiro atoms. The lowest BCUT2D eigenvalue weighted by Crippen LogP contribution is -2.13. The molecule has 0 aliphatic rings. The standard InChI is InChI=1S/C22H13BrF3N3O2/c23-18-11-10-16(12-17(18)22(24,25)26)27-19(30)13-6-8-15(9-7-13)21-29-28-20(31-21)14-4-2-1-3-5-14/h1-12H,(H,27,30). The zero-order valence-electron chi connectivity index (χ0n) is 15.7. The Morgan fingerprint density at radius 2 is 1.48 bits per heavy atom. The molecule has 9 heteroatoms. The van der Waals surface area contributed by atoms with Crippen molar-refractivity contribution in [3.63, 3.8) is 0 Å². The van der Waals surface area contributed by atoms with E-state index in [4.69, 9.17) is 4.42 Å². The van der Waals surface area contributed by atoms with E-state index in [1.54, 1.807) is 12.1 Å². The zero-order chi connectivity index (χ0) is 22.0. The predicted molar refractivity (Wildman–Crippen MR) is 112 cm³/mol. The van der Waals surface area contributed by atoms with Crippen molar-refractivity contribution in [2.75, 3.05) is 5.32 Å². The van der Waals surface area contributed by atoms with Gasteiger partial charge in [-0.2, -0.15) is 13.2 Å². The van der Waals surface area contributed by atoms with E-state index in [1.165, 1.54) is 24.3 Å². The van der Waals surface area contributed by atoms with Gasteiger partial charge >= 0.3 is 6.18 Å². The van der Waals surface area contributed by atoms with Crippen LogP contribution in [0.2, 0.25) is 0 Å². The van der Waals surface area contributed by atoms with Crippen LogP contribution in [0.5, 0.6) is 0 Å². The molecule has 1 amide bonds. The minimum atomic E-state index is -4.54. The number of anilines is 1. The normalized spacial score (nSPS) is 11.4. The number of rotatable bonds is 4. The first kappa shape index (κ1) is 20.8. The quantitative estimate of drug-likeness (QED) is 0.359. The molecule has 0 saturated heterocycles. The van der Waals surface area contributed by atoms with Crippen LogP contribution < -0.4 is 5.32 Å². The van der Waals surface area contributed by atoms with Crippen LogP contribution in [-0.4, -0.2) is 16.1 Å². The van der Waals surface area contributed by atoms with Crippen molar-refractivity contribution >= 4 is 27.5 Å². The van der Waals surface area contributed by atoms with Crippen molar-refractivity contribution in [2.45, 2.75) is 6.18 Å². The Morgan fingerprint density at radius 1 is 0.871 bits per heavy atom. The summed E-state index contributed by atoms with van der Waals surface area (Å²) in [5, 5.41) is 10.5. The number of benzene rings is 3. The van der Waals surface area contributed by atoms with E-state index in [9.17, 15) is 18.0 Å². The second-order valence-corrected chi connectivity index (χ2v) is 7.36. The number of carbonyl (C=O) groups excluding carboxylic acids is 1. The lowest BCUT2D eigenvalue weighted by Gasteiger charge is -2.12. The van der Waals surface area contributed by atoms with Crippen LogP contribution in [0, 0.1) is 0 Å². The van der Waals surface area contributed by atoms with Gasteiger partial charge in [0.1, 0.15) is 0 Å². The second-order valence-electron chi connectivity index (χ2n) is 6.50. The van der Waals surface area contributed by atoms with E-state index in [0.29, 0.717) is 11.5 Å². The lowest BCUT2D eigenvalue weighted by molar-refractivity contribution is -0.138. The molecule has 3 aromatic carbocycles. The van der Waals surface area contributed by atoms with Crippen LogP contribution in [0.4, 0.5) is 18.9 Å². The number of carbonyl (C=O) groups is 1. The van der Waals surface area contributed by atoms with Crippen molar-refractivity contribution in [3.05, 3.63) is 88.4 Å². The molecule has 4 rings (SSSR count). The maximum atomic E-state index is 13.0. The lowest BCUT2D eigenvalue weighted by atomic mass is 10.1. The van der Waals surface area contributed by atoms with Crippen molar-refractivity contribution < 1.29 is 22.4 Å². The SMILES string of the molecule is O=C(Nc1ccc(Br)c(C(F)(F)F)c1)c1ccc(-c2nnc(-c3ccccc3)o2)cc1. The Hall–Kier alpha value is -3.46. The van der Waals surface area contributed by atoms with Crippen molar-refractivity contribution in [1.29, 1.82) is 0 Å². The Bertz CT molecular complexity index is 1220. The Kier molecular flexibility index (Phi) is 5.60. The van der Waals surface area contributed by atoms with E-state index >= 15 is 0 Å². The Balaban J connectivity index is 1.50. The number of halogens is 4. The van der Waals surface area contributed by atoms with Crippen LogP contribution >= 0.6 is 15.9 Å². The largest absolute Gasteiger partial charge is 0.417 e. The first-order valence-electron chi connectivity index (χ1n) is 8.99. The fraction of sp³-hybridized carbons (Fsp3) is 0.0455. The van der Waals surface area contributed by atoms with Crippen molar-refractivity contribution in [2.24, 2.45) is 0 Å². The first-order valence-corrected chi connectivity index (χ1v) is 9.78. The third-order valence-electron chi connectivity index (χ3n) is 4.37. The van der Waals surface area contributed by atoms with E-state index in [0.717, 1.165) is 11.6 Å². The molecule has 4 aromatic rings. The number of nitrogens with one attached hydrogen (secondary N) is 1. The maximum absolute atomic E-state index is 13.0. The molecule has 0 fully saturated rings. The average Bonchev–Trinajstić information content (AvgIpc) is 3.25. The molecule has 1 heterocycles. The molecule has 0 atom stereocenters. The van der Waals surface area contributed by atoms with Crippen LogP contribution in [0.25, 0.3) is 22.9 Å². The minimum absolute atomic E-state index is 0.0361. The summed E-state index contributed by atoms with van der Waals surface area (Å²) in [7, 11) is 0. The molecule has 0 radical (unpaired) electrons. The van der Waals surface area contributed by atoms with Gasteiger partial charge in [0.25, 0.3) is 5.91 Å². The maximum Gasteiger partial charge on any atom is 0.417 e. The summed E-state index contributed by atoms with van der Waals surface area (Å²) < 4.78 is 44.7. The Morgan fingerprint density at radius 3 is 2.10 bits per heavy atom. The molecule has 0 aliphatic heterocycles. The molecule has 0 bridgehead atoms. The van der Waals surface area contributed by atoms with Crippen LogP contribution in [0.15, 0.2) is 81.7 Å². The highest BCUT2D eigenvalue weighted by Crippen LogP contribution is 2.36. The average molecular weight is 488 g/mol.